The lowest BCUT2D eigenvalue weighted by molar-refractivity contribution is 0.0118. The van der Waals surface area contributed by atoms with Crippen LogP contribution in [0, 0.1) is 13.8 Å². The molecule has 3 N–H and O–H groups in total. The van der Waals surface area contributed by atoms with E-state index in [0.717, 1.165) is 10.8 Å². The highest BCUT2D eigenvalue weighted by Crippen LogP contribution is 2.22. The van der Waals surface area contributed by atoms with Crippen LogP contribution in [-0.4, -0.2) is 34.5 Å². The van der Waals surface area contributed by atoms with Gasteiger partial charge in [0.25, 0.3) is 11.8 Å². The van der Waals surface area contributed by atoms with E-state index in [1.807, 2.05) is 16.9 Å². The van der Waals surface area contributed by atoms with Crippen molar-refractivity contribution in [2.75, 3.05) is 13.1 Å². The highest BCUT2D eigenvalue weighted by atomic mass is 32.1. The van der Waals surface area contributed by atoms with Crippen molar-refractivity contribution in [2.24, 2.45) is 5.73 Å². The summed E-state index contributed by atoms with van der Waals surface area (Å²) in [5.41, 5.74) is 6.78. The molecule has 0 fully saturated rings. The van der Waals surface area contributed by atoms with Gasteiger partial charge in [0.2, 0.25) is 0 Å². The number of nitrogens with one attached hydrogen (secondary N) is 1. The summed E-state index contributed by atoms with van der Waals surface area (Å²) in [5, 5.41) is 4.78. The molecule has 2 aromatic rings. The van der Waals surface area contributed by atoms with Crippen LogP contribution in [0.4, 0.5) is 8.78 Å². The van der Waals surface area contributed by atoms with Gasteiger partial charge in [-0.15, -0.1) is 11.3 Å². The van der Waals surface area contributed by atoms with Crippen LogP contribution in [0.2, 0.25) is 0 Å². The van der Waals surface area contributed by atoms with E-state index in [9.17, 15) is 13.6 Å². The molecule has 0 saturated heterocycles. The smallest absolute Gasteiger partial charge is 0.277 e. The van der Waals surface area contributed by atoms with E-state index in [1.54, 1.807) is 19.2 Å². The lowest BCUT2D eigenvalue weighted by Gasteiger charge is -2.14. The summed E-state index contributed by atoms with van der Waals surface area (Å²) < 4.78 is 28.0. The van der Waals surface area contributed by atoms with Gasteiger partial charge in [0.1, 0.15) is 0 Å². The fourth-order valence-electron chi connectivity index (χ4n) is 1.99. The Morgan fingerprint density at radius 1 is 1.52 bits per heavy atom. The third-order valence-corrected chi connectivity index (χ3v) is 3.85. The van der Waals surface area contributed by atoms with Gasteiger partial charge in [-0.2, -0.15) is 0 Å². The Labute approximate surface area is 124 Å². The van der Waals surface area contributed by atoms with Crippen molar-refractivity contribution in [2.45, 2.75) is 19.8 Å². The molecule has 0 aromatic carbocycles. The number of halogens is 2. The maximum absolute atomic E-state index is 13.1. The number of aromatic nitrogens is 2. The van der Waals surface area contributed by atoms with E-state index in [0.29, 0.717) is 11.3 Å². The van der Waals surface area contributed by atoms with Crippen molar-refractivity contribution in [3.05, 3.63) is 34.6 Å². The highest BCUT2D eigenvalue weighted by Gasteiger charge is 2.28. The van der Waals surface area contributed by atoms with E-state index in [4.69, 9.17) is 5.73 Å². The first-order chi connectivity index (χ1) is 9.85. The number of hydrogen-bond acceptors (Lipinski definition) is 4. The van der Waals surface area contributed by atoms with Crippen LogP contribution >= 0.6 is 11.3 Å². The largest absolute Gasteiger partial charge is 0.346 e. The first-order valence-electron chi connectivity index (χ1n) is 6.30. The molecular formula is C13H16F2N4OS. The first-order valence-corrected chi connectivity index (χ1v) is 7.18. The molecule has 0 aliphatic carbocycles. The van der Waals surface area contributed by atoms with Crippen molar-refractivity contribution in [1.29, 1.82) is 0 Å². The third-order valence-electron chi connectivity index (χ3n) is 3.09. The molecular weight excluding hydrogens is 298 g/mol. The van der Waals surface area contributed by atoms with Crippen LogP contribution in [0.25, 0.3) is 5.13 Å². The molecule has 21 heavy (non-hydrogen) atoms. The van der Waals surface area contributed by atoms with Crippen LogP contribution in [0.5, 0.6) is 0 Å². The molecule has 114 valence electrons. The van der Waals surface area contributed by atoms with Crippen molar-refractivity contribution in [3.8, 4) is 5.13 Å². The first kappa shape index (κ1) is 15.6. The quantitative estimate of drug-likeness (QED) is 0.885. The zero-order chi connectivity index (χ0) is 15.6. The Morgan fingerprint density at radius 3 is 2.81 bits per heavy atom. The van der Waals surface area contributed by atoms with Gasteiger partial charge in [0.15, 0.2) is 5.13 Å². The minimum Gasteiger partial charge on any atom is -0.346 e. The fourth-order valence-corrected chi connectivity index (χ4v) is 2.74. The molecule has 0 saturated carbocycles. The monoisotopic (exact) mass is 314 g/mol. The Kier molecular flexibility index (Phi) is 4.38. The predicted molar refractivity (Wildman–Crippen MR) is 77.2 cm³/mol. The summed E-state index contributed by atoms with van der Waals surface area (Å²) in [7, 11) is 0. The van der Waals surface area contributed by atoms with Gasteiger partial charge in [-0.05, 0) is 19.9 Å². The van der Waals surface area contributed by atoms with Gasteiger partial charge >= 0.3 is 0 Å². The molecule has 0 unspecified atom stereocenters. The lowest BCUT2D eigenvalue weighted by atomic mass is 10.2. The van der Waals surface area contributed by atoms with Crippen LogP contribution in [-0.2, 0) is 0 Å². The van der Waals surface area contributed by atoms with Crippen molar-refractivity contribution in [1.82, 2.24) is 14.9 Å². The molecule has 0 spiro atoms. The Hall–Kier alpha value is -1.80. The Balaban J connectivity index is 2.22. The molecule has 8 heteroatoms. The van der Waals surface area contributed by atoms with E-state index >= 15 is 0 Å². The van der Waals surface area contributed by atoms with Gasteiger partial charge in [-0.3, -0.25) is 9.36 Å². The Morgan fingerprint density at radius 2 is 2.24 bits per heavy atom. The molecule has 1 amide bonds. The zero-order valence-corrected chi connectivity index (χ0v) is 12.5. The highest BCUT2D eigenvalue weighted by molar-refractivity contribution is 7.12. The summed E-state index contributed by atoms with van der Waals surface area (Å²) >= 11 is 1.43. The standard InChI is InChI=1S/C13H16F2N4OS/c1-8-5-10(11(20)18-7-13(14,15)6-16)9(2)19(8)12-17-3-4-21-12/h3-5H,6-7,16H2,1-2H3,(H,18,20). The number of hydrogen-bond donors (Lipinski definition) is 2. The molecule has 2 heterocycles. The van der Waals surface area contributed by atoms with E-state index in [1.165, 1.54) is 11.3 Å². The normalized spacial score (nSPS) is 11.7. The van der Waals surface area contributed by atoms with Gasteiger partial charge in [0.05, 0.1) is 18.7 Å². The topological polar surface area (TPSA) is 72.9 Å². The number of amides is 1. The molecule has 0 radical (unpaired) electrons. The lowest BCUT2D eigenvalue weighted by Crippen LogP contribution is -2.41. The SMILES string of the molecule is Cc1cc(C(=O)NCC(F)(F)CN)c(C)n1-c1nccs1. The molecule has 0 atom stereocenters. The van der Waals surface area contributed by atoms with E-state index in [-0.39, 0.29) is 0 Å². The summed E-state index contributed by atoms with van der Waals surface area (Å²) in [6.45, 7) is 2.01. The number of nitrogens with two attached hydrogens (primary N) is 1. The maximum atomic E-state index is 13.1. The van der Waals surface area contributed by atoms with Crippen LogP contribution < -0.4 is 11.1 Å². The Bertz CT molecular complexity index is 637. The van der Waals surface area contributed by atoms with Crippen LogP contribution in [0.15, 0.2) is 17.6 Å². The molecule has 0 aliphatic rings. The van der Waals surface area contributed by atoms with Crippen molar-refractivity contribution < 1.29 is 13.6 Å². The number of rotatable bonds is 5. The second-order valence-corrected chi connectivity index (χ2v) is 5.55. The zero-order valence-electron chi connectivity index (χ0n) is 11.7. The van der Waals surface area contributed by atoms with Crippen molar-refractivity contribution >= 4 is 17.2 Å². The average molecular weight is 314 g/mol. The predicted octanol–water partition coefficient (Wildman–Crippen LogP) is 1.87. The second kappa shape index (κ2) is 5.90. The minimum atomic E-state index is -3.10. The van der Waals surface area contributed by atoms with E-state index < -0.39 is 24.9 Å². The fraction of sp³-hybridized carbons (Fsp3) is 0.385. The number of carbonyl (C=O) groups is 1. The molecule has 2 aromatic heterocycles. The van der Waals surface area contributed by atoms with Gasteiger partial charge in [-0.25, -0.2) is 13.8 Å². The third kappa shape index (κ3) is 3.27. The van der Waals surface area contributed by atoms with Crippen LogP contribution in [0.1, 0.15) is 21.7 Å². The summed E-state index contributed by atoms with van der Waals surface area (Å²) in [4.78, 5) is 16.2. The number of aryl methyl sites for hydroxylation is 1. The van der Waals surface area contributed by atoms with Crippen molar-refractivity contribution in [3.63, 3.8) is 0 Å². The average Bonchev–Trinajstić information content (AvgIpc) is 3.04. The van der Waals surface area contributed by atoms with Crippen LogP contribution in [0.3, 0.4) is 0 Å². The number of carbonyl (C=O) groups excluding carboxylic acids is 1. The number of alkyl halides is 2. The van der Waals surface area contributed by atoms with Gasteiger partial charge in [0, 0.05) is 23.0 Å². The second-order valence-electron chi connectivity index (χ2n) is 4.68. The number of thiazole rings is 1. The minimum absolute atomic E-state index is 0.357. The maximum Gasteiger partial charge on any atom is 0.277 e. The molecule has 5 nitrogen and oxygen atoms in total. The number of nitrogens with zero attached hydrogens (tertiary/aromatic N) is 2. The summed E-state index contributed by atoms with van der Waals surface area (Å²) in [6.07, 6.45) is 1.67. The molecule has 0 bridgehead atoms. The summed E-state index contributed by atoms with van der Waals surface area (Å²) in [5.74, 6) is -3.64. The molecule has 0 aliphatic heterocycles. The summed E-state index contributed by atoms with van der Waals surface area (Å²) in [6, 6.07) is 1.66. The van der Waals surface area contributed by atoms with E-state index in [2.05, 4.69) is 10.3 Å². The van der Waals surface area contributed by atoms with Gasteiger partial charge < -0.3 is 11.1 Å². The van der Waals surface area contributed by atoms with Gasteiger partial charge in [-0.1, -0.05) is 0 Å². The molecule has 2 rings (SSSR count).